The van der Waals surface area contributed by atoms with Gasteiger partial charge in [0.25, 0.3) is 5.78 Å². The highest BCUT2D eigenvalue weighted by atomic mass is 16.1. The first kappa shape index (κ1) is 17.6. The van der Waals surface area contributed by atoms with E-state index < -0.39 is 0 Å². The quantitative estimate of drug-likeness (QED) is 0.584. The van der Waals surface area contributed by atoms with Gasteiger partial charge in [0.05, 0.1) is 5.92 Å². The van der Waals surface area contributed by atoms with Gasteiger partial charge in [-0.15, -0.1) is 0 Å². The van der Waals surface area contributed by atoms with Crippen molar-refractivity contribution in [3.05, 3.63) is 60.6 Å². The van der Waals surface area contributed by atoms with Crippen LogP contribution in [0.3, 0.4) is 0 Å². The van der Waals surface area contributed by atoms with E-state index in [1.165, 1.54) is 6.33 Å². The first-order chi connectivity index (χ1) is 14.2. The summed E-state index contributed by atoms with van der Waals surface area (Å²) in [5.41, 5.74) is 1.76. The molecule has 1 saturated heterocycles. The fourth-order valence-electron chi connectivity index (χ4n) is 4.10. The van der Waals surface area contributed by atoms with Crippen molar-refractivity contribution < 1.29 is 4.79 Å². The largest absolute Gasteiger partial charge is 0.356 e. The molecule has 0 saturated carbocycles. The van der Waals surface area contributed by atoms with Crippen molar-refractivity contribution >= 4 is 34.0 Å². The zero-order valence-electron chi connectivity index (χ0n) is 16.2. The van der Waals surface area contributed by atoms with Crippen LogP contribution in [0, 0.1) is 12.8 Å². The average molecular weight is 386 g/mol. The first-order valence-electron chi connectivity index (χ1n) is 9.90. The van der Waals surface area contributed by atoms with Crippen LogP contribution in [-0.2, 0) is 4.79 Å². The number of carbonyl (C=O) groups excluding carboxylic acids is 1. The van der Waals surface area contributed by atoms with Gasteiger partial charge in [-0.3, -0.25) is 4.79 Å². The Balaban J connectivity index is 1.39. The van der Waals surface area contributed by atoms with E-state index in [-0.39, 0.29) is 11.8 Å². The number of hydrogen-bond acceptors (Lipinski definition) is 5. The fourth-order valence-corrected chi connectivity index (χ4v) is 4.10. The van der Waals surface area contributed by atoms with Crippen molar-refractivity contribution in [1.29, 1.82) is 0 Å². The fraction of sp³-hybridized carbons (Fsp3) is 0.273. The Morgan fingerprint density at radius 2 is 2.03 bits per heavy atom. The number of amides is 1. The topological polar surface area (TPSA) is 75.4 Å². The van der Waals surface area contributed by atoms with Crippen LogP contribution in [0.5, 0.6) is 0 Å². The van der Waals surface area contributed by atoms with Crippen molar-refractivity contribution in [3.8, 4) is 0 Å². The molecule has 1 atom stereocenters. The lowest BCUT2D eigenvalue weighted by Gasteiger charge is -2.33. The normalized spacial score (nSPS) is 17.0. The summed E-state index contributed by atoms with van der Waals surface area (Å²) in [6, 6.07) is 16.1. The summed E-state index contributed by atoms with van der Waals surface area (Å²) >= 11 is 0. The number of carbonyl (C=O) groups is 1. The number of rotatable bonds is 3. The summed E-state index contributed by atoms with van der Waals surface area (Å²) in [5.74, 6) is 1.50. The van der Waals surface area contributed by atoms with Crippen molar-refractivity contribution in [3.63, 3.8) is 0 Å². The number of aryl methyl sites for hydroxylation is 1. The number of nitrogens with zero attached hydrogens (tertiary/aromatic N) is 5. The smallest absolute Gasteiger partial charge is 0.254 e. The van der Waals surface area contributed by atoms with Gasteiger partial charge < -0.3 is 10.2 Å². The van der Waals surface area contributed by atoms with E-state index in [1.54, 1.807) is 4.52 Å². The highest BCUT2D eigenvalue weighted by Crippen LogP contribution is 2.27. The van der Waals surface area contributed by atoms with Crippen molar-refractivity contribution in [2.45, 2.75) is 19.8 Å². The second kappa shape index (κ2) is 7.16. The molecule has 7 heteroatoms. The maximum absolute atomic E-state index is 13.1. The van der Waals surface area contributed by atoms with Gasteiger partial charge in [-0.1, -0.05) is 36.4 Å². The summed E-state index contributed by atoms with van der Waals surface area (Å²) in [5, 5.41) is 9.65. The predicted molar refractivity (Wildman–Crippen MR) is 113 cm³/mol. The van der Waals surface area contributed by atoms with E-state index in [1.807, 2.05) is 43.3 Å². The van der Waals surface area contributed by atoms with E-state index in [0.29, 0.717) is 12.3 Å². The van der Waals surface area contributed by atoms with Crippen molar-refractivity contribution in [1.82, 2.24) is 19.6 Å². The van der Waals surface area contributed by atoms with E-state index >= 15 is 0 Å². The van der Waals surface area contributed by atoms with E-state index in [4.69, 9.17) is 0 Å². The van der Waals surface area contributed by atoms with E-state index in [0.717, 1.165) is 47.4 Å². The third kappa shape index (κ3) is 3.29. The highest BCUT2D eigenvalue weighted by molar-refractivity contribution is 6.03. The Bertz CT molecular complexity index is 1200. The molecule has 1 amide bonds. The maximum Gasteiger partial charge on any atom is 0.254 e. The van der Waals surface area contributed by atoms with Gasteiger partial charge in [-0.2, -0.15) is 14.6 Å². The molecule has 146 valence electrons. The molecule has 1 fully saturated rings. The molecular formula is C22H22N6O. The zero-order valence-corrected chi connectivity index (χ0v) is 16.2. The lowest BCUT2D eigenvalue weighted by molar-refractivity contribution is -0.120. The van der Waals surface area contributed by atoms with Crippen LogP contribution >= 0.6 is 0 Å². The molecule has 0 spiro atoms. The van der Waals surface area contributed by atoms with Crippen LogP contribution in [0.4, 0.5) is 11.5 Å². The molecule has 2 aromatic carbocycles. The summed E-state index contributed by atoms with van der Waals surface area (Å²) in [7, 11) is 0. The standard InChI is InChI=1S/C22H22N6O/c1-15-12-20(28-22(25-15)23-14-24-28)27-11-5-8-17(13-27)21(29)26-19-10-4-7-16-6-2-3-9-18(16)19/h2-4,6-7,9-10,12,14,17H,5,8,11,13H2,1H3,(H,26,29)/t17-/m1/s1. The second-order valence-corrected chi connectivity index (χ2v) is 7.53. The van der Waals surface area contributed by atoms with Gasteiger partial charge in [0.1, 0.15) is 12.1 Å². The van der Waals surface area contributed by atoms with Crippen molar-refractivity contribution in [2.75, 3.05) is 23.3 Å². The van der Waals surface area contributed by atoms with Gasteiger partial charge in [-0.25, -0.2) is 4.98 Å². The monoisotopic (exact) mass is 386 g/mol. The molecule has 7 nitrogen and oxygen atoms in total. The summed E-state index contributed by atoms with van der Waals surface area (Å²) in [6.45, 7) is 3.48. The van der Waals surface area contributed by atoms with E-state index in [2.05, 4.69) is 37.4 Å². The molecule has 0 radical (unpaired) electrons. The highest BCUT2D eigenvalue weighted by Gasteiger charge is 2.28. The summed E-state index contributed by atoms with van der Waals surface area (Å²) < 4.78 is 1.75. The van der Waals surface area contributed by atoms with Crippen molar-refractivity contribution in [2.24, 2.45) is 5.92 Å². The maximum atomic E-state index is 13.1. The number of benzene rings is 2. The third-order valence-corrected chi connectivity index (χ3v) is 5.52. The lowest BCUT2D eigenvalue weighted by atomic mass is 9.96. The average Bonchev–Trinajstić information content (AvgIpc) is 3.22. The first-order valence-corrected chi connectivity index (χ1v) is 9.90. The predicted octanol–water partition coefficient (Wildman–Crippen LogP) is 3.44. The van der Waals surface area contributed by atoms with Gasteiger partial charge in [0.15, 0.2) is 0 Å². The molecule has 5 rings (SSSR count). The molecule has 1 N–H and O–H groups in total. The van der Waals surface area contributed by atoms with Crippen LogP contribution in [0.15, 0.2) is 54.9 Å². The SMILES string of the molecule is Cc1cc(N2CCC[C@@H](C(=O)Nc3cccc4ccccc34)C2)n2ncnc2n1. The number of aromatic nitrogens is 4. The molecule has 3 heterocycles. The minimum Gasteiger partial charge on any atom is -0.356 e. The third-order valence-electron chi connectivity index (χ3n) is 5.52. The molecule has 1 aliphatic heterocycles. The minimum absolute atomic E-state index is 0.0617. The summed E-state index contributed by atoms with van der Waals surface area (Å²) in [6.07, 6.45) is 3.34. The second-order valence-electron chi connectivity index (χ2n) is 7.53. The number of piperidine rings is 1. The van der Waals surface area contributed by atoms with Crippen LogP contribution in [0.2, 0.25) is 0 Å². The molecule has 0 bridgehead atoms. The number of fused-ring (bicyclic) bond motifs is 2. The van der Waals surface area contributed by atoms with Gasteiger partial charge in [-0.05, 0) is 31.2 Å². The Morgan fingerprint density at radius 1 is 1.17 bits per heavy atom. The minimum atomic E-state index is -0.0882. The lowest BCUT2D eigenvalue weighted by Crippen LogP contribution is -2.41. The molecule has 2 aromatic heterocycles. The molecule has 4 aromatic rings. The molecule has 1 aliphatic rings. The Morgan fingerprint density at radius 3 is 2.97 bits per heavy atom. The Kier molecular flexibility index (Phi) is 4.35. The Hall–Kier alpha value is -3.48. The summed E-state index contributed by atoms with van der Waals surface area (Å²) in [4.78, 5) is 23.9. The van der Waals surface area contributed by atoms with Gasteiger partial charge in [0.2, 0.25) is 5.91 Å². The van der Waals surface area contributed by atoms with Crippen LogP contribution in [-0.4, -0.2) is 38.6 Å². The Labute approximate surface area is 168 Å². The molecule has 0 unspecified atom stereocenters. The van der Waals surface area contributed by atoms with Gasteiger partial charge in [0, 0.05) is 35.9 Å². The number of nitrogens with one attached hydrogen (secondary N) is 1. The molecule has 0 aliphatic carbocycles. The zero-order chi connectivity index (χ0) is 19.8. The number of anilines is 2. The van der Waals surface area contributed by atoms with Crippen LogP contribution < -0.4 is 10.2 Å². The van der Waals surface area contributed by atoms with Crippen LogP contribution in [0.25, 0.3) is 16.6 Å². The molecule has 29 heavy (non-hydrogen) atoms. The van der Waals surface area contributed by atoms with E-state index in [9.17, 15) is 4.79 Å². The van der Waals surface area contributed by atoms with Crippen LogP contribution in [0.1, 0.15) is 18.5 Å². The van der Waals surface area contributed by atoms with Gasteiger partial charge >= 0.3 is 0 Å². The number of hydrogen-bond donors (Lipinski definition) is 1. The molecular weight excluding hydrogens is 364 g/mol.